The second-order valence-electron chi connectivity index (χ2n) is 5.17. The number of nitrogens with one attached hydrogen (secondary N) is 1. The standard InChI is InChI=1S/C16H28N4.HI/c1-3-4-5-6-7-8-12-18-16(17)19-13-15-11-9-10-14(2)20-15;/h9-11H,3-8,12-13H2,1-2H3,(H3,17,18,19);1H. The molecule has 0 saturated heterocycles. The molecule has 0 aromatic carbocycles. The summed E-state index contributed by atoms with van der Waals surface area (Å²) in [5, 5.41) is 3.16. The van der Waals surface area contributed by atoms with Crippen LogP contribution >= 0.6 is 24.0 Å². The second kappa shape index (κ2) is 12.9. The smallest absolute Gasteiger partial charge is 0.188 e. The molecule has 1 heterocycles. The summed E-state index contributed by atoms with van der Waals surface area (Å²) in [6, 6.07) is 5.94. The van der Waals surface area contributed by atoms with Gasteiger partial charge in [0.05, 0.1) is 12.2 Å². The Balaban J connectivity index is 0.00000400. The monoisotopic (exact) mass is 404 g/mol. The van der Waals surface area contributed by atoms with Gasteiger partial charge in [-0.3, -0.25) is 4.98 Å². The van der Waals surface area contributed by atoms with Gasteiger partial charge in [0.15, 0.2) is 5.96 Å². The number of aryl methyl sites for hydroxylation is 1. The van der Waals surface area contributed by atoms with Crippen molar-refractivity contribution in [2.24, 2.45) is 10.7 Å². The van der Waals surface area contributed by atoms with Crippen LogP contribution in [0.3, 0.4) is 0 Å². The Kier molecular flexibility index (Phi) is 12.3. The van der Waals surface area contributed by atoms with Gasteiger partial charge in [0.25, 0.3) is 0 Å². The largest absolute Gasteiger partial charge is 0.370 e. The molecule has 5 heteroatoms. The van der Waals surface area contributed by atoms with Gasteiger partial charge in [-0.1, -0.05) is 45.1 Å². The quantitative estimate of drug-likeness (QED) is 0.285. The third-order valence-corrected chi connectivity index (χ3v) is 3.19. The van der Waals surface area contributed by atoms with Crippen LogP contribution in [0.1, 0.15) is 56.8 Å². The minimum atomic E-state index is 0. The molecule has 21 heavy (non-hydrogen) atoms. The Morgan fingerprint density at radius 2 is 1.90 bits per heavy atom. The van der Waals surface area contributed by atoms with Gasteiger partial charge in [0.2, 0.25) is 0 Å². The van der Waals surface area contributed by atoms with Gasteiger partial charge in [0.1, 0.15) is 0 Å². The number of unbranched alkanes of at least 4 members (excludes halogenated alkanes) is 5. The van der Waals surface area contributed by atoms with Crippen molar-refractivity contribution in [1.82, 2.24) is 10.3 Å². The number of nitrogens with two attached hydrogens (primary N) is 1. The molecule has 0 atom stereocenters. The summed E-state index contributed by atoms with van der Waals surface area (Å²) >= 11 is 0. The second-order valence-corrected chi connectivity index (χ2v) is 5.17. The first-order chi connectivity index (χ1) is 9.72. The molecule has 1 rings (SSSR count). The summed E-state index contributed by atoms with van der Waals surface area (Å²) in [5.74, 6) is 0.516. The average Bonchev–Trinajstić information content (AvgIpc) is 2.44. The van der Waals surface area contributed by atoms with Crippen LogP contribution in [0.5, 0.6) is 0 Å². The molecule has 0 radical (unpaired) electrons. The fraction of sp³-hybridized carbons (Fsp3) is 0.625. The molecule has 0 spiro atoms. The summed E-state index contributed by atoms with van der Waals surface area (Å²) in [5.41, 5.74) is 7.80. The molecule has 0 saturated carbocycles. The van der Waals surface area contributed by atoms with Gasteiger partial charge in [-0.25, -0.2) is 4.99 Å². The first-order valence-corrected chi connectivity index (χ1v) is 7.68. The number of guanidine groups is 1. The summed E-state index contributed by atoms with van der Waals surface area (Å²) in [6.45, 7) is 5.66. The molecule has 1 aromatic heterocycles. The lowest BCUT2D eigenvalue weighted by molar-refractivity contribution is 0.601. The maximum absolute atomic E-state index is 5.83. The fourth-order valence-electron chi connectivity index (χ4n) is 2.03. The number of halogens is 1. The van der Waals surface area contributed by atoms with Crippen molar-refractivity contribution in [3.8, 4) is 0 Å². The zero-order valence-corrected chi connectivity index (χ0v) is 15.6. The molecule has 120 valence electrons. The van der Waals surface area contributed by atoms with E-state index >= 15 is 0 Å². The van der Waals surface area contributed by atoms with E-state index in [2.05, 4.69) is 22.2 Å². The third kappa shape index (κ3) is 10.5. The Hall–Kier alpha value is -0.850. The summed E-state index contributed by atoms with van der Waals surface area (Å²) in [6.07, 6.45) is 7.73. The maximum Gasteiger partial charge on any atom is 0.188 e. The Bertz CT molecular complexity index is 407. The number of aromatic nitrogens is 1. The van der Waals surface area contributed by atoms with Gasteiger partial charge in [-0.2, -0.15) is 0 Å². The molecule has 0 fully saturated rings. The molecule has 0 aliphatic rings. The lowest BCUT2D eigenvalue weighted by atomic mass is 10.1. The van der Waals surface area contributed by atoms with Crippen molar-refractivity contribution in [2.75, 3.05) is 6.54 Å². The number of pyridine rings is 1. The zero-order valence-electron chi connectivity index (χ0n) is 13.3. The van der Waals surface area contributed by atoms with Gasteiger partial charge in [-0.05, 0) is 25.5 Å². The van der Waals surface area contributed by atoms with Gasteiger partial charge in [-0.15, -0.1) is 24.0 Å². The minimum Gasteiger partial charge on any atom is -0.370 e. The number of hydrogen-bond acceptors (Lipinski definition) is 2. The van der Waals surface area contributed by atoms with Crippen molar-refractivity contribution in [3.63, 3.8) is 0 Å². The van der Waals surface area contributed by atoms with E-state index in [4.69, 9.17) is 5.73 Å². The van der Waals surface area contributed by atoms with Crippen LogP contribution in [0, 0.1) is 6.92 Å². The van der Waals surface area contributed by atoms with Crippen LogP contribution in [0.25, 0.3) is 0 Å². The van der Waals surface area contributed by atoms with E-state index in [-0.39, 0.29) is 24.0 Å². The maximum atomic E-state index is 5.83. The molecule has 0 bridgehead atoms. The van der Waals surface area contributed by atoms with Crippen molar-refractivity contribution in [1.29, 1.82) is 0 Å². The van der Waals surface area contributed by atoms with Crippen molar-refractivity contribution in [2.45, 2.75) is 58.9 Å². The van der Waals surface area contributed by atoms with Gasteiger partial charge >= 0.3 is 0 Å². The topological polar surface area (TPSA) is 63.3 Å². The van der Waals surface area contributed by atoms with Crippen LogP contribution in [0.4, 0.5) is 0 Å². The molecular formula is C16H29IN4. The van der Waals surface area contributed by atoms with E-state index < -0.39 is 0 Å². The van der Waals surface area contributed by atoms with E-state index in [1.165, 1.54) is 32.1 Å². The lowest BCUT2D eigenvalue weighted by Crippen LogP contribution is -2.32. The molecule has 0 unspecified atom stereocenters. The Labute approximate surface area is 146 Å². The number of rotatable bonds is 9. The van der Waals surface area contributed by atoms with Gasteiger partial charge in [0, 0.05) is 12.2 Å². The highest BCUT2D eigenvalue weighted by atomic mass is 127. The number of aliphatic imine (C=N–C) groups is 1. The fourth-order valence-corrected chi connectivity index (χ4v) is 2.03. The third-order valence-electron chi connectivity index (χ3n) is 3.19. The molecule has 0 amide bonds. The van der Waals surface area contributed by atoms with E-state index in [0.29, 0.717) is 12.5 Å². The van der Waals surface area contributed by atoms with Crippen molar-refractivity contribution in [3.05, 3.63) is 29.6 Å². The number of hydrogen-bond donors (Lipinski definition) is 2. The molecule has 3 N–H and O–H groups in total. The predicted octanol–water partition coefficient (Wildman–Crippen LogP) is 3.77. The number of nitrogens with zero attached hydrogens (tertiary/aromatic N) is 2. The van der Waals surface area contributed by atoms with E-state index in [1.54, 1.807) is 0 Å². The summed E-state index contributed by atoms with van der Waals surface area (Å²) in [4.78, 5) is 8.70. The molecule has 0 aliphatic heterocycles. The highest BCUT2D eigenvalue weighted by Gasteiger charge is 1.95. The van der Waals surface area contributed by atoms with Crippen LogP contribution in [0.2, 0.25) is 0 Å². The van der Waals surface area contributed by atoms with E-state index in [0.717, 1.165) is 24.4 Å². The van der Waals surface area contributed by atoms with Crippen molar-refractivity contribution >= 4 is 29.9 Å². The molecule has 0 aliphatic carbocycles. The highest BCUT2D eigenvalue weighted by molar-refractivity contribution is 14.0. The predicted molar refractivity (Wildman–Crippen MR) is 101 cm³/mol. The van der Waals surface area contributed by atoms with Crippen molar-refractivity contribution < 1.29 is 0 Å². The summed E-state index contributed by atoms with van der Waals surface area (Å²) < 4.78 is 0. The Morgan fingerprint density at radius 1 is 1.19 bits per heavy atom. The van der Waals surface area contributed by atoms with Crippen LogP contribution in [0.15, 0.2) is 23.2 Å². The Morgan fingerprint density at radius 3 is 2.62 bits per heavy atom. The molecule has 1 aromatic rings. The zero-order chi connectivity index (χ0) is 14.6. The molecular weight excluding hydrogens is 375 g/mol. The highest BCUT2D eigenvalue weighted by Crippen LogP contribution is 2.04. The van der Waals surface area contributed by atoms with E-state index in [1.807, 2.05) is 25.1 Å². The minimum absolute atomic E-state index is 0. The first kappa shape index (κ1) is 20.1. The average molecular weight is 404 g/mol. The van der Waals surface area contributed by atoms with Crippen LogP contribution < -0.4 is 11.1 Å². The molecule has 4 nitrogen and oxygen atoms in total. The summed E-state index contributed by atoms with van der Waals surface area (Å²) in [7, 11) is 0. The SMILES string of the molecule is CCCCCCCCNC(N)=NCc1cccc(C)n1.I. The normalized spacial score (nSPS) is 11.0. The lowest BCUT2D eigenvalue weighted by Gasteiger charge is -2.05. The first-order valence-electron chi connectivity index (χ1n) is 7.68. The van der Waals surface area contributed by atoms with Gasteiger partial charge < -0.3 is 11.1 Å². The van der Waals surface area contributed by atoms with Crippen LogP contribution in [-0.4, -0.2) is 17.5 Å². The van der Waals surface area contributed by atoms with Crippen LogP contribution in [-0.2, 0) is 6.54 Å². The van der Waals surface area contributed by atoms with E-state index in [9.17, 15) is 0 Å².